The molecule has 0 spiro atoms. The van der Waals surface area contributed by atoms with Gasteiger partial charge in [-0.25, -0.2) is 0 Å². The van der Waals surface area contributed by atoms with Crippen LogP contribution in [0.3, 0.4) is 0 Å². The number of aromatic nitrogens is 2. The largest absolute Gasteiger partial charge is 0.334 e. The molecule has 0 radical (unpaired) electrons. The molecule has 2 aromatic heterocycles. The summed E-state index contributed by atoms with van der Waals surface area (Å²) in [7, 11) is 1.85. The summed E-state index contributed by atoms with van der Waals surface area (Å²) < 4.78 is 5.12. The van der Waals surface area contributed by atoms with Crippen molar-refractivity contribution in [2.24, 2.45) is 0 Å². The Labute approximate surface area is 86.0 Å². The van der Waals surface area contributed by atoms with Gasteiger partial charge in [-0.2, -0.15) is 4.98 Å². The summed E-state index contributed by atoms with van der Waals surface area (Å²) in [6.07, 6.45) is 0. The van der Waals surface area contributed by atoms with Gasteiger partial charge >= 0.3 is 0 Å². The molecule has 0 saturated carbocycles. The monoisotopic (exact) mass is 209 g/mol. The molecule has 2 rings (SSSR count). The second-order valence-corrected chi connectivity index (χ2v) is 4.11. The first-order valence-corrected chi connectivity index (χ1v) is 5.20. The van der Waals surface area contributed by atoms with Crippen LogP contribution in [-0.2, 0) is 6.54 Å². The molecule has 74 valence electrons. The van der Waals surface area contributed by atoms with Gasteiger partial charge in [0.1, 0.15) is 0 Å². The predicted octanol–water partition coefficient (Wildman–Crippen LogP) is 1.83. The molecule has 1 N–H and O–H groups in total. The molecule has 0 saturated heterocycles. The van der Waals surface area contributed by atoms with Gasteiger partial charge in [0.15, 0.2) is 5.82 Å². The lowest BCUT2D eigenvalue weighted by Crippen LogP contribution is -2.06. The first kappa shape index (κ1) is 9.36. The van der Waals surface area contributed by atoms with Crippen LogP contribution in [-0.4, -0.2) is 17.2 Å². The van der Waals surface area contributed by atoms with Gasteiger partial charge < -0.3 is 9.84 Å². The molecule has 14 heavy (non-hydrogen) atoms. The molecule has 2 heterocycles. The third-order valence-electron chi connectivity index (χ3n) is 1.78. The highest BCUT2D eigenvalue weighted by Gasteiger charge is 2.08. The minimum absolute atomic E-state index is 0.597. The number of thiophene rings is 1. The molecule has 0 aliphatic heterocycles. The van der Waals surface area contributed by atoms with Crippen molar-refractivity contribution in [2.75, 3.05) is 7.05 Å². The van der Waals surface area contributed by atoms with E-state index in [0.717, 1.165) is 5.56 Å². The van der Waals surface area contributed by atoms with Crippen LogP contribution in [0.1, 0.15) is 10.7 Å². The van der Waals surface area contributed by atoms with Crippen LogP contribution in [0.4, 0.5) is 0 Å². The highest BCUT2D eigenvalue weighted by atomic mass is 32.1. The van der Waals surface area contributed by atoms with Crippen LogP contribution in [0.25, 0.3) is 11.5 Å². The van der Waals surface area contributed by atoms with Gasteiger partial charge in [0.2, 0.25) is 0 Å². The molecule has 0 aliphatic carbocycles. The number of aryl methyl sites for hydroxylation is 1. The van der Waals surface area contributed by atoms with Gasteiger partial charge in [-0.15, -0.1) is 11.3 Å². The maximum atomic E-state index is 5.12. The van der Waals surface area contributed by atoms with Crippen molar-refractivity contribution in [3.63, 3.8) is 0 Å². The van der Waals surface area contributed by atoms with Crippen LogP contribution in [0.15, 0.2) is 16.0 Å². The second-order valence-electron chi connectivity index (χ2n) is 2.99. The van der Waals surface area contributed by atoms with Crippen LogP contribution >= 0.6 is 11.3 Å². The summed E-state index contributed by atoms with van der Waals surface area (Å²) in [4.78, 5) is 5.49. The molecule has 0 aliphatic rings. The van der Waals surface area contributed by atoms with E-state index in [1.165, 1.54) is 4.88 Å². The molecule has 0 fully saturated rings. The summed E-state index contributed by atoms with van der Waals surface area (Å²) in [6, 6.07) is 2.04. The van der Waals surface area contributed by atoms with E-state index >= 15 is 0 Å². The summed E-state index contributed by atoms with van der Waals surface area (Å²) in [6.45, 7) is 2.69. The maximum absolute atomic E-state index is 5.12. The van der Waals surface area contributed by atoms with Gasteiger partial charge in [-0.1, -0.05) is 5.16 Å². The second kappa shape index (κ2) is 3.89. The van der Waals surface area contributed by atoms with E-state index in [9.17, 15) is 0 Å². The molecule has 0 amide bonds. The number of hydrogen-bond acceptors (Lipinski definition) is 5. The van der Waals surface area contributed by atoms with E-state index in [1.54, 1.807) is 11.3 Å². The quantitative estimate of drug-likeness (QED) is 0.837. The summed E-state index contributed by atoms with van der Waals surface area (Å²) >= 11 is 1.68. The Bertz CT molecular complexity index is 421. The lowest BCUT2D eigenvalue weighted by Gasteiger charge is -1.86. The first-order chi connectivity index (χ1) is 6.79. The van der Waals surface area contributed by atoms with Crippen molar-refractivity contribution in [1.29, 1.82) is 0 Å². The molecule has 0 bridgehead atoms. The Balaban J connectivity index is 2.24. The topological polar surface area (TPSA) is 51.0 Å². The van der Waals surface area contributed by atoms with Crippen LogP contribution in [0.2, 0.25) is 0 Å². The summed E-state index contributed by atoms with van der Waals surface area (Å²) in [5.74, 6) is 1.28. The number of hydrogen-bond donors (Lipinski definition) is 1. The Morgan fingerprint density at radius 3 is 3.07 bits per heavy atom. The number of nitrogens with zero attached hydrogens (tertiary/aromatic N) is 2. The van der Waals surface area contributed by atoms with Gasteiger partial charge in [0.25, 0.3) is 5.89 Å². The highest BCUT2D eigenvalue weighted by Crippen LogP contribution is 2.23. The fourth-order valence-corrected chi connectivity index (χ4v) is 1.83. The normalized spacial score (nSPS) is 10.7. The fraction of sp³-hybridized carbons (Fsp3) is 0.333. The third kappa shape index (κ3) is 1.83. The van der Waals surface area contributed by atoms with Crippen molar-refractivity contribution in [3.05, 3.63) is 22.1 Å². The Hall–Kier alpha value is -1.20. The smallest absolute Gasteiger partial charge is 0.258 e. The predicted molar refractivity (Wildman–Crippen MR) is 55.1 cm³/mol. The molecule has 0 atom stereocenters. The van der Waals surface area contributed by atoms with Gasteiger partial charge in [-0.3, -0.25) is 0 Å². The van der Waals surface area contributed by atoms with Gasteiger partial charge in [0.05, 0.1) is 12.1 Å². The van der Waals surface area contributed by atoms with Crippen LogP contribution < -0.4 is 5.32 Å². The first-order valence-electron chi connectivity index (χ1n) is 4.32. The van der Waals surface area contributed by atoms with Crippen LogP contribution in [0, 0.1) is 6.92 Å². The van der Waals surface area contributed by atoms with E-state index in [1.807, 2.05) is 18.5 Å². The Kier molecular flexibility index (Phi) is 2.60. The van der Waals surface area contributed by atoms with E-state index in [2.05, 4.69) is 22.4 Å². The van der Waals surface area contributed by atoms with Crippen molar-refractivity contribution < 1.29 is 4.52 Å². The summed E-state index contributed by atoms with van der Waals surface area (Å²) in [5, 5.41) is 8.84. The van der Waals surface area contributed by atoms with Gasteiger partial charge in [0, 0.05) is 10.3 Å². The molecule has 5 heteroatoms. The van der Waals surface area contributed by atoms with Crippen LogP contribution in [0.5, 0.6) is 0 Å². The fourth-order valence-electron chi connectivity index (χ4n) is 1.16. The third-order valence-corrected chi connectivity index (χ3v) is 2.64. The van der Waals surface area contributed by atoms with E-state index in [-0.39, 0.29) is 0 Å². The summed E-state index contributed by atoms with van der Waals surface area (Å²) in [5.41, 5.74) is 1.00. The zero-order valence-corrected chi connectivity index (χ0v) is 8.89. The molecule has 0 unspecified atom stereocenters. The SMILES string of the molecule is CNCc1noc(-c2csc(C)c2)n1. The zero-order valence-electron chi connectivity index (χ0n) is 8.07. The Morgan fingerprint density at radius 2 is 2.43 bits per heavy atom. The van der Waals surface area contributed by atoms with E-state index in [0.29, 0.717) is 18.3 Å². The number of rotatable bonds is 3. The average molecular weight is 209 g/mol. The van der Waals surface area contributed by atoms with E-state index < -0.39 is 0 Å². The van der Waals surface area contributed by atoms with Gasteiger partial charge in [-0.05, 0) is 20.0 Å². The zero-order chi connectivity index (χ0) is 9.97. The molecule has 4 nitrogen and oxygen atoms in total. The van der Waals surface area contributed by atoms with Crippen molar-refractivity contribution in [2.45, 2.75) is 13.5 Å². The van der Waals surface area contributed by atoms with Crippen molar-refractivity contribution >= 4 is 11.3 Å². The standard InChI is InChI=1S/C9H11N3OS/c1-6-3-7(5-14-6)9-11-8(4-10-2)12-13-9/h3,5,10H,4H2,1-2H3. The van der Waals surface area contributed by atoms with E-state index in [4.69, 9.17) is 4.52 Å². The van der Waals surface area contributed by atoms with Crippen molar-refractivity contribution in [1.82, 2.24) is 15.5 Å². The molecule has 2 aromatic rings. The minimum Gasteiger partial charge on any atom is -0.334 e. The molecule has 0 aromatic carbocycles. The van der Waals surface area contributed by atoms with Crippen molar-refractivity contribution in [3.8, 4) is 11.5 Å². The average Bonchev–Trinajstić information content (AvgIpc) is 2.74. The number of nitrogens with one attached hydrogen (secondary N) is 1. The lowest BCUT2D eigenvalue weighted by atomic mass is 10.3. The maximum Gasteiger partial charge on any atom is 0.258 e. The Morgan fingerprint density at radius 1 is 1.57 bits per heavy atom. The highest BCUT2D eigenvalue weighted by molar-refractivity contribution is 7.10. The lowest BCUT2D eigenvalue weighted by molar-refractivity contribution is 0.421. The molecular weight excluding hydrogens is 198 g/mol. The molecular formula is C9H11N3OS. The minimum atomic E-state index is 0.597.